The molecule has 1 unspecified atom stereocenters. The van der Waals surface area contributed by atoms with Crippen molar-refractivity contribution in [3.05, 3.63) is 205 Å². The zero-order chi connectivity index (χ0) is 36.7. The summed E-state index contributed by atoms with van der Waals surface area (Å²) in [4.78, 5) is 10.7. The van der Waals surface area contributed by atoms with Crippen LogP contribution in [-0.2, 0) is 0 Å². The molecule has 0 aliphatic heterocycles. The van der Waals surface area contributed by atoms with Crippen LogP contribution in [0.2, 0.25) is 0 Å². The van der Waals surface area contributed by atoms with Crippen LogP contribution in [0.5, 0.6) is 0 Å². The maximum atomic E-state index is 5.40. The highest BCUT2D eigenvalue weighted by Gasteiger charge is 2.20. The molecule has 2 nitrogen and oxygen atoms in total. The Morgan fingerprint density at radius 2 is 1.00 bits per heavy atom. The van der Waals surface area contributed by atoms with Gasteiger partial charge in [-0.2, -0.15) is 0 Å². The quantitative estimate of drug-likeness (QED) is 0.172. The summed E-state index contributed by atoms with van der Waals surface area (Å²) in [5, 5.41) is 7.38. The van der Waals surface area contributed by atoms with Gasteiger partial charge >= 0.3 is 0 Å². The smallest absolute Gasteiger partial charge is 0.161 e. The number of rotatable bonds is 6. The molecule has 1 aliphatic rings. The van der Waals surface area contributed by atoms with Crippen molar-refractivity contribution in [2.45, 2.75) is 19.3 Å². The molecular weight excluding hydrogens is 665 g/mol. The minimum Gasteiger partial charge on any atom is -0.228 e. The molecule has 1 aliphatic carbocycles. The van der Waals surface area contributed by atoms with Crippen molar-refractivity contribution in [2.75, 3.05) is 0 Å². The van der Waals surface area contributed by atoms with Crippen LogP contribution in [0, 0.1) is 6.92 Å². The molecule has 1 atom stereocenters. The largest absolute Gasteiger partial charge is 0.228 e. The van der Waals surface area contributed by atoms with E-state index in [1.54, 1.807) is 0 Å². The van der Waals surface area contributed by atoms with E-state index in [1.165, 1.54) is 54.6 Å². The van der Waals surface area contributed by atoms with E-state index < -0.39 is 0 Å². The molecule has 1 heterocycles. The number of hydrogen-bond donors (Lipinski definition) is 0. The van der Waals surface area contributed by atoms with Gasteiger partial charge in [0.25, 0.3) is 0 Å². The molecule has 0 radical (unpaired) electrons. The van der Waals surface area contributed by atoms with E-state index in [2.05, 4.69) is 201 Å². The van der Waals surface area contributed by atoms with Gasteiger partial charge in [0.1, 0.15) is 0 Å². The summed E-state index contributed by atoms with van der Waals surface area (Å²) < 4.78 is 0. The summed E-state index contributed by atoms with van der Waals surface area (Å²) in [6, 6.07) is 61.4. The van der Waals surface area contributed by atoms with Crippen molar-refractivity contribution >= 4 is 32.3 Å². The highest BCUT2D eigenvalue weighted by Crippen LogP contribution is 2.39. The third-order valence-corrected chi connectivity index (χ3v) is 11.2. The normalized spacial score (nSPS) is 13.9. The van der Waals surface area contributed by atoms with Crippen LogP contribution in [0.3, 0.4) is 0 Å². The van der Waals surface area contributed by atoms with Crippen LogP contribution in [0.15, 0.2) is 194 Å². The lowest BCUT2D eigenvalue weighted by Gasteiger charge is -2.19. The molecule has 260 valence electrons. The molecule has 10 rings (SSSR count). The summed E-state index contributed by atoms with van der Waals surface area (Å²) in [5.74, 6) is 1.09. The Hall–Kier alpha value is -6.90. The van der Waals surface area contributed by atoms with Gasteiger partial charge in [-0.1, -0.05) is 170 Å². The van der Waals surface area contributed by atoms with Crippen LogP contribution >= 0.6 is 0 Å². The third kappa shape index (κ3) is 6.12. The number of hydrogen-bond acceptors (Lipinski definition) is 2. The second-order valence-electron chi connectivity index (χ2n) is 14.6. The Bertz CT molecular complexity index is 2970. The van der Waals surface area contributed by atoms with E-state index in [1.807, 2.05) is 0 Å². The number of nitrogens with zero attached hydrogens (tertiary/aromatic N) is 2. The van der Waals surface area contributed by atoms with E-state index in [9.17, 15) is 0 Å². The summed E-state index contributed by atoms with van der Waals surface area (Å²) >= 11 is 0. The Labute approximate surface area is 321 Å². The van der Waals surface area contributed by atoms with Crippen LogP contribution in [0.25, 0.3) is 88.5 Å². The molecule has 9 aromatic rings. The molecule has 55 heavy (non-hydrogen) atoms. The van der Waals surface area contributed by atoms with Gasteiger partial charge in [0.2, 0.25) is 0 Å². The lowest BCUT2D eigenvalue weighted by Crippen LogP contribution is -2.02. The Morgan fingerprint density at radius 1 is 0.436 bits per heavy atom. The maximum Gasteiger partial charge on any atom is 0.161 e. The van der Waals surface area contributed by atoms with Crippen LogP contribution < -0.4 is 0 Å². The predicted octanol–water partition coefficient (Wildman–Crippen LogP) is 14.2. The summed E-state index contributed by atoms with van der Waals surface area (Å²) in [5.41, 5.74) is 12.3. The van der Waals surface area contributed by atoms with Gasteiger partial charge in [0.15, 0.2) is 5.82 Å². The van der Waals surface area contributed by atoms with E-state index >= 15 is 0 Å². The first-order valence-corrected chi connectivity index (χ1v) is 19.1. The first-order valence-electron chi connectivity index (χ1n) is 19.1. The van der Waals surface area contributed by atoms with Gasteiger partial charge in [-0.25, -0.2) is 9.97 Å². The molecule has 0 spiro atoms. The predicted molar refractivity (Wildman–Crippen MR) is 232 cm³/mol. The first-order chi connectivity index (χ1) is 27.2. The Kier molecular flexibility index (Phi) is 8.22. The zero-order valence-corrected chi connectivity index (χ0v) is 30.7. The van der Waals surface area contributed by atoms with Gasteiger partial charge < -0.3 is 0 Å². The molecule has 2 heteroatoms. The Morgan fingerprint density at radius 3 is 1.71 bits per heavy atom. The molecule has 0 bridgehead atoms. The fourth-order valence-corrected chi connectivity index (χ4v) is 8.27. The van der Waals surface area contributed by atoms with Crippen molar-refractivity contribution < 1.29 is 0 Å². The van der Waals surface area contributed by atoms with Crippen molar-refractivity contribution in [1.29, 1.82) is 0 Å². The minimum atomic E-state index is 0.350. The van der Waals surface area contributed by atoms with Gasteiger partial charge in [-0.3, -0.25) is 0 Å². The number of aromatic nitrogens is 2. The maximum absolute atomic E-state index is 5.40. The minimum absolute atomic E-state index is 0.350. The molecule has 1 aromatic heterocycles. The molecule has 0 N–H and O–H groups in total. The van der Waals surface area contributed by atoms with Crippen LogP contribution in [-0.4, -0.2) is 9.97 Å². The molecule has 8 aromatic carbocycles. The highest BCUT2D eigenvalue weighted by molar-refractivity contribution is 5.98. The highest BCUT2D eigenvalue weighted by atomic mass is 14.9. The fourth-order valence-electron chi connectivity index (χ4n) is 8.27. The lowest BCUT2D eigenvalue weighted by molar-refractivity contribution is 0.862. The van der Waals surface area contributed by atoms with Gasteiger partial charge in [-0.15, -0.1) is 0 Å². The summed E-state index contributed by atoms with van der Waals surface area (Å²) in [6.45, 7) is 2.15. The molecule has 0 fully saturated rings. The third-order valence-electron chi connectivity index (χ3n) is 11.2. The van der Waals surface area contributed by atoms with Gasteiger partial charge in [0.05, 0.1) is 11.4 Å². The lowest BCUT2D eigenvalue weighted by atomic mass is 9.87. The molecular formula is C53H38N2. The van der Waals surface area contributed by atoms with Crippen molar-refractivity contribution in [3.8, 4) is 56.2 Å². The van der Waals surface area contributed by atoms with E-state index in [0.717, 1.165) is 51.5 Å². The summed E-state index contributed by atoms with van der Waals surface area (Å²) in [7, 11) is 0. The molecule has 0 saturated heterocycles. The van der Waals surface area contributed by atoms with E-state index in [0.29, 0.717) is 5.92 Å². The fraction of sp³-hybridized carbons (Fsp3) is 0.0566. The Balaban J connectivity index is 1.06. The molecule has 0 amide bonds. The SMILES string of the molecule is Cc1c(-c2ccccc2)nc(-c2ccc(C3C=CC=CC3)c3ccccc23)nc1-c1cccc(-c2ccc3cc(-c4ccc5ccccc5c4)ccc3c2)c1. The monoisotopic (exact) mass is 702 g/mol. The van der Waals surface area contributed by atoms with E-state index in [-0.39, 0.29) is 0 Å². The average molecular weight is 703 g/mol. The van der Waals surface area contributed by atoms with Gasteiger partial charge in [0, 0.05) is 28.2 Å². The van der Waals surface area contributed by atoms with Crippen molar-refractivity contribution in [3.63, 3.8) is 0 Å². The topological polar surface area (TPSA) is 25.8 Å². The van der Waals surface area contributed by atoms with Crippen LogP contribution in [0.1, 0.15) is 23.5 Å². The van der Waals surface area contributed by atoms with Crippen LogP contribution in [0.4, 0.5) is 0 Å². The van der Waals surface area contributed by atoms with Gasteiger partial charge in [-0.05, 0) is 97.7 Å². The second-order valence-corrected chi connectivity index (χ2v) is 14.6. The van der Waals surface area contributed by atoms with Crippen molar-refractivity contribution in [1.82, 2.24) is 9.97 Å². The zero-order valence-electron chi connectivity index (χ0n) is 30.7. The van der Waals surface area contributed by atoms with E-state index in [4.69, 9.17) is 9.97 Å². The van der Waals surface area contributed by atoms with Crippen molar-refractivity contribution in [2.24, 2.45) is 0 Å². The average Bonchev–Trinajstić information content (AvgIpc) is 3.26. The standard InChI is InChI=1S/C53H38N2/c1-35-51(38-16-6-3-7-17-38)54-53(50-30-29-47(37-14-4-2-5-15-37)48-21-10-11-22-49(48)50)55-52(35)46-20-12-19-40(34-46)41-25-26-45-33-44(28-27-43(45)32-41)42-24-23-36-13-8-9-18-39(36)31-42/h2-14,16-34,37H,15H2,1H3. The molecule has 0 saturated carbocycles. The first kappa shape index (κ1) is 32.7. The summed E-state index contributed by atoms with van der Waals surface area (Å²) in [6.07, 6.45) is 9.86. The number of fused-ring (bicyclic) bond motifs is 3. The number of allylic oxidation sites excluding steroid dienone is 4. The second kappa shape index (κ2) is 13.8. The number of benzene rings is 8.